The zero-order valence-corrected chi connectivity index (χ0v) is 11.4. The summed E-state index contributed by atoms with van der Waals surface area (Å²) in [5.41, 5.74) is 0.686. The summed E-state index contributed by atoms with van der Waals surface area (Å²) in [5.74, 6) is 0.986. The minimum Gasteiger partial charge on any atom is -0.316 e. The van der Waals surface area contributed by atoms with E-state index in [-0.39, 0.29) is 0 Å². The summed E-state index contributed by atoms with van der Waals surface area (Å²) in [4.78, 5) is 4.80. The Balaban J connectivity index is 1.83. The van der Waals surface area contributed by atoms with Gasteiger partial charge in [-0.05, 0) is 44.0 Å². The molecule has 2 aliphatic rings. The van der Waals surface area contributed by atoms with E-state index in [2.05, 4.69) is 15.0 Å². The van der Waals surface area contributed by atoms with Crippen LogP contribution in [0.5, 0.6) is 0 Å². The number of rotatable bonds is 2. The summed E-state index contributed by atoms with van der Waals surface area (Å²) in [7, 11) is -3.40. The van der Waals surface area contributed by atoms with Crippen molar-refractivity contribution in [2.45, 2.75) is 17.7 Å². The van der Waals surface area contributed by atoms with Crippen molar-refractivity contribution in [1.29, 1.82) is 0 Å². The molecule has 3 rings (SSSR count). The molecule has 2 heterocycles. The molecule has 102 valence electrons. The fraction of sp³-hybridized carbons (Fsp3) is 0.462. The first-order valence-corrected chi connectivity index (χ1v) is 8.02. The molecule has 0 radical (unpaired) electrons. The van der Waals surface area contributed by atoms with Crippen molar-refractivity contribution in [3.63, 3.8) is 0 Å². The monoisotopic (exact) mass is 279 g/mol. The van der Waals surface area contributed by atoms with Crippen LogP contribution < -0.4 is 10.0 Å². The van der Waals surface area contributed by atoms with E-state index in [4.69, 9.17) is 0 Å². The summed E-state index contributed by atoms with van der Waals surface area (Å²) in [6.07, 6.45) is 2.32. The third kappa shape index (κ3) is 2.50. The van der Waals surface area contributed by atoms with Gasteiger partial charge in [-0.2, -0.15) is 0 Å². The van der Waals surface area contributed by atoms with Gasteiger partial charge in [0.05, 0.1) is 4.90 Å². The second kappa shape index (κ2) is 4.94. The number of fused-ring (bicyclic) bond motifs is 1. The summed E-state index contributed by atoms with van der Waals surface area (Å²) < 4.78 is 26.4. The average Bonchev–Trinajstić information content (AvgIpc) is 2.70. The smallest absolute Gasteiger partial charge is 0.263 e. The molecule has 0 amide bonds. The van der Waals surface area contributed by atoms with Gasteiger partial charge in [-0.25, -0.2) is 8.42 Å². The number of benzene rings is 1. The molecule has 1 aromatic rings. The maximum absolute atomic E-state index is 11.9. The van der Waals surface area contributed by atoms with Crippen LogP contribution in [-0.2, 0) is 10.0 Å². The molecule has 5 nitrogen and oxygen atoms in total. The average molecular weight is 279 g/mol. The van der Waals surface area contributed by atoms with E-state index in [9.17, 15) is 8.42 Å². The Morgan fingerprint density at radius 1 is 1.32 bits per heavy atom. The number of hydrogen-bond acceptors (Lipinski definition) is 4. The highest BCUT2D eigenvalue weighted by atomic mass is 32.2. The zero-order chi connectivity index (χ0) is 13.3. The zero-order valence-electron chi connectivity index (χ0n) is 10.6. The van der Waals surface area contributed by atoms with Gasteiger partial charge in [0, 0.05) is 12.1 Å². The van der Waals surface area contributed by atoms with E-state index in [1.165, 1.54) is 0 Å². The summed E-state index contributed by atoms with van der Waals surface area (Å²) in [6, 6.07) is 6.97. The van der Waals surface area contributed by atoms with Crippen LogP contribution in [0.25, 0.3) is 0 Å². The molecule has 19 heavy (non-hydrogen) atoms. The standard InChI is InChI=1S/C13H17N3O2S/c17-19(18)12-6-2-1-5-11(12)13(16-19)15-9-10-4-3-7-14-8-10/h1-2,5-6,10,14H,3-4,7-9H2,(H,15,16)/t10-/m1/s1. The van der Waals surface area contributed by atoms with Crippen LogP contribution >= 0.6 is 0 Å². The minimum absolute atomic E-state index is 0.329. The maximum atomic E-state index is 11.9. The van der Waals surface area contributed by atoms with Crippen LogP contribution in [-0.4, -0.2) is 33.9 Å². The van der Waals surface area contributed by atoms with Crippen LogP contribution in [0.1, 0.15) is 18.4 Å². The molecular weight excluding hydrogens is 262 g/mol. The third-order valence-corrected chi connectivity index (χ3v) is 4.97. The summed E-state index contributed by atoms with van der Waals surface area (Å²) >= 11 is 0. The van der Waals surface area contributed by atoms with Gasteiger partial charge in [0.2, 0.25) is 0 Å². The van der Waals surface area contributed by atoms with Crippen molar-refractivity contribution in [3.8, 4) is 0 Å². The van der Waals surface area contributed by atoms with Gasteiger partial charge in [0.25, 0.3) is 10.0 Å². The molecule has 0 aliphatic carbocycles. The highest BCUT2D eigenvalue weighted by Gasteiger charge is 2.30. The highest BCUT2D eigenvalue weighted by Crippen LogP contribution is 2.22. The molecule has 1 fully saturated rings. The second-order valence-corrected chi connectivity index (χ2v) is 6.65. The Bertz CT molecular complexity index is 604. The fourth-order valence-corrected chi connectivity index (χ4v) is 3.80. The van der Waals surface area contributed by atoms with Crippen LogP contribution in [0.2, 0.25) is 0 Å². The van der Waals surface area contributed by atoms with E-state index in [0.717, 1.165) is 25.9 Å². The van der Waals surface area contributed by atoms with E-state index in [0.29, 0.717) is 28.8 Å². The Labute approximate surface area is 113 Å². The van der Waals surface area contributed by atoms with Gasteiger partial charge in [0.1, 0.15) is 5.84 Å². The Hall–Kier alpha value is -1.40. The SMILES string of the molecule is O=S1(=O)NC(=NC[C@@H]2CCCNC2)c2ccccc21. The topological polar surface area (TPSA) is 70.6 Å². The lowest BCUT2D eigenvalue weighted by Crippen LogP contribution is -2.32. The summed E-state index contributed by atoms with van der Waals surface area (Å²) in [6.45, 7) is 2.70. The predicted octanol–water partition coefficient (Wildman–Crippen LogP) is 0.725. The number of nitrogens with one attached hydrogen (secondary N) is 2. The van der Waals surface area contributed by atoms with E-state index in [1.54, 1.807) is 18.2 Å². The first kappa shape index (κ1) is 12.6. The number of aliphatic imine (C=N–C) groups is 1. The largest absolute Gasteiger partial charge is 0.316 e. The predicted molar refractivity (Wildman–Crippen MR) is 73.8 cm³/mol. The molecule has 1 aromatic carbocycles. The van der Waals surface area contributed by atoms with Crippen molar-refractivity contribution in [1.82, 2.24) is 10.0 Å². The van der Waals surface area contributed by atoms with Gasteiger partial charge >= 0.3 is 0 Å². The van der Waals surface area contributed by atoms with Crippen molar-refractivity contribution >= 4 is 15.9 Å². The lowest BCUT2D eigenvalue weighted by atomic mass is 10.00. The maximum Gasteiger partial charge on any atom is 0.263 e. The molecule has 2 N–H and O–H groups in total. The van der Waals surface area contributed by atoms with E-state index in [1.807, 2.05) is 6.07 Å². The normalized spacial score (nSPS) is 26.9. The second-order valence-electron chi connectivity index (χ2n) is 5.00. The van der Waals surface area contributed by atoms with Crippen LogP contribution in [0.4, 0.5) is 0 Å². The van der Waals surface area contributed by atoms with Crippen LogP contribution in [0, 0.1) is 5.92 Å². The van der Waals surface area contributed by atoms with Gasteiger partial charge < -0.3 is 5.32 Å². The Morgan fingerprint density at radius 3 is 2.95 bits per heavy atom. The van der Waals surface area contributed by atoms with Crippen molar-refractivity contribution in [3.05, 3.63) is 29.8 Å². The number of piperidine rings is 1. The third-order valence-electron chi connectivity index (χ3n) is 3.57. The first-order valence-electron chi connectivity index (χ1n) is 6.54. The van der Waals surface area contributed by atoms with E-state index < -0.39 is 10.0 Å². The number of amidine groups is 1. The molecule has 2 aliphatic heterocycles. The van der Waals surface area contributed by atoms with Gasteiger partial charge in [0.15, 0.2) is 0 Å². The van der Waals surface area contributed by atoms with Crippen molar-refractivity contribution < 1.29 is 8.42 Å². The number of hydrogen-bond donors (Lipinski definition) is 2. The Morgan fingerprint density at radius 2 is 2.16 bits per heavy atom. The fourth-order valence-electron chi connectivity index (χ4n) is 2.55. The van der Waals surface area contributed by atoms with Crippen LogP contribution in [0.15, 0.2) is 34.2 Å². The minimum atomic E-state index is -3.40. The molecule has 1 atom stereocenters. The van der Waals surface area contributed by atoms with Gasteiger partial charge in [-0.15, -0.1) is 0 Å². The molecule has 0 unspecified atom stereocenters. The van der Waals surface area contributed by atoms with Crippen molar-refractivity contribution in [2.24, 2.45) is 10.9 Å². The quantitative estimate of drug-likeness (QED) is 0.838. The molecular formula is C13H17N3O2S. The Kier molecular flexibility index (Phi) is 3.28. The first-order chi connectivity index (χ1) is 9.17. The molecule has 1 saturated heterocycles. The number of sulfonamides is 1. The van der Waals surface area contributed by atoms with Gasteiger partial charge in [-0.3, -0.25) is 9.71 Å². The number of nitrogens with zero attached hydrogens (tertiary/aromatic N) is 1. The van der Waals surface area contributed by atoms with Crippen LogP contribution in [0.3, 0.4) is 0 Å². The highest BCUT2D eigenvalue weighted by molar-refractivity contribution is 7.90. The molecule has 6 heteroatoms. The molecule has 0 bridgehead atoms. The summed E-state index contributed by atoms with van der Waals surface area (Å²) in [5, 5.41) is 3.34. The van der Waals surface area contributed by atoms with Crippen molar-refractivity contribution in [2.75, 3.05) is 19.6 Å². The molecule has 0 saturated carbocycles. The van der Waals surface area contributed by atoms with Gasteiger partial charge in [-0.1, -0.05) is 12.1 Å². The molecule has 0 spiro atoms. The van der Waals surface area contributed by atoms with E-state index >= 15 is 0 Å². The lowest BCUT2D eigenvalue weighted by Gasteiger charge is -2.20. The molecule has 0 aromatic heterocycles. The lowest BCUT2D eigenvalue weighted by molar-refractivity contribution is 0.386.